The van der Waals surface area contributed by atoms with Gasteiger partial charge >= 0.3 is 0 Å². The Kier molecular flexibility index (Phi) is 5.32. The number of thiocarbonyl (C=S) groups is 1. The summed E-state index contributed by atoms with van der Waals surface area (Å²) in [5.41, 5.74) is 2.10. The van der Waals surface area contributed by atoms with E-state index in [1.807, 2.05) is 54.4 Å². The monoisotopic (exact) mass is 305 g/mol. The van der Waals surface area contributed by atoms with Crippen LogP contribution in [0.4, 0.5) is 5.69 Å². The fraction of sp³-hybridized carbons (Fsp3) is 0.200. The molecule has 5 heteroatoms. The molecule has 0 saturated heterocycles. The highest BCUT2D eigenvalue weighted by molar-refractivity contribution is 7.80. The van der Waals surface area contributed by atoms with Crippen molar-refractivity contribution in [3.63, 3.8) is 0 Å². The molecule has 0 saturated carbocycles. The van der Waals surface area contributed by atoms with Crippen LogP contribution in [-0.2, 0) is 6.54 Å². The topological polar surface area (TPSA) is 28.2 Å². The second-order valence-corrected chi connectivity index (χ2v) is 5.08. The van der Waals surface area contributed by atoms with Crippen LogP contribution >= 0.6 is 23.8 Å². The summed E-state index contributed by atoms with van der Waals surface area (Å²) in [6.45, 7) is 3.48. The Morgan fingerprint density at radius 3 is 2.65 bits per heavy atom. The maximum atomic E-state index is 5.94. The lowest BCUT2D eigenvalue weighted by atomic mass is 10.2. The van der Waals surface area contributed by atoms with Crippen LogP contribution in [0.1, 0.15) is 12.5 Å². The molecule has 0 radical (unpaired) electrons. The zero-order valence-electron chi connectivity index (χ0n) is 11.2. The highest BCUT2D eigenvalue weighted by atomic mass is 35.5. The summed E-state index contributed by atoms with van der Waals surface area (Å²) in [6.07, 6.45) is 3.61. The molecule has 2 rings (SSSR count). The summed E-state index contributed by atoms with van der Waals surface area (Å²) in [4.78, 5) is 6.17. The molecule has 104 valence electrons. The van der Waals surface area contributed by atoms with Gasteiger partial charge in [-0.25, -0.2) is 0 Å². The molecule has 1 heterocycles. The van der Waals surface area contributed by atoms with Gasteiger partial charge in [0.2, 0.25) is 0 Å². The fourth-order valence-electron chi connectivity index (χ4n) is 1.82. The van der Waals surface area contributed by atoms with E-state index in [1.54, 1.807) is 6.20 Å². The molecule has 1 aromatic heterocycles. The summed E-state index contributed by atoms with van der Waals surface area (Å²) in [7, 11) is 0. The normalized spacial score (nSPS) is 10.1. The van der Waals surface area contributed by atoms with Gasteiger partial charge in [0.25, 0.3) is 0 Å². The van der Waals surface area contributed by atoms with E-state index in [9.17, 15) is 0 Å². The van der Waals surface area contributed by atoms with Gasteiger partial charge in [0.1, 0.15) is 0 Å². The minimum absolute atomic E-state index is 0.668. The molecule has 0 spiro atoms. The molecule has 0 fully saturated rings. The highest BCUT2D eigenvalue weighted by Gasteiger charge is 2.12. The second-order valence-electron chi connectivity index (χ2n) is 4.26. The van der Waals surface area contributed by atoms with E-state index in [4.69, 9.17) is 23.8 Å². The first-order chi connectivity index (χ1) is 9.70. The molecule has 0 aliphatic carbocycles. The smallest absolute Gasteiger partial charge is 0.173 e. The van der Waals surface area contributed by atoms with E-state index in [-0.39, 0.29) is 0 Å². The number of nitrogens with zero attached hydrogens (tertiary/aromatic N) is 2. The quantitative estimate of drug-likeness (QED) is 0.873. The molecule has 3 nitrogen and oxygen atoms in total. The molecule has 0 amide bonds. The third-order valence-corrected chi connectivity index (χ3v) is 3.39. The first-order valence-corrected chi connectivity index (χ1v) is 7.19. The Hall–Kier alpha value is -1.65. The van der Waals surface area contributed by atoms with Gasteiger partial charge in [-0.15, -0.1) is 0 Å². The zero-order valence-corrected chi connectivity index (χ0v) is 12.8. The molecular formula is C15H16ClN3S. The first-order valence-electron chi connectivity index (χ1n) is 6.40. The van der Waals surface area contributed by atoms with Crippen LogP contribution in [-0.4, -0.2) is 16.6 Å². The predicted molar refractivity (Wildman–Crippen MR) is 88.1 cm³/mol. The molecule has 0 bridgehead atoms. The van der Waals surface area contributed by atoms with Crippen LogP contribution in [0.25, 0.3) is 0 Å². The maximum Gasteiger partial charge on any atom is 0.173 e. The van der Waals surface area contributed by atoms with E-state index < -0.39 is 0 Å². The van der Waals surface area contributed by atoms with Crippen molar-refractivity contribution in [3.05, 3.63) is 59.4 Å². The van der Waals surface area contributed by atoms with Crippen molar-refractivity contribution in [1.29, 1.82) is 0 Å². The van der Waals surface area contributed by atoms with Crippen LogP contribution in [0.15, 0.2) is 48.8 Å². The largest absolute Gasteiger partial charge is 0.363 e. The van der Waals surface area contributed by atoms with E-state index >= 15 is 0 Å². The van der Waals surface area contributed by atoms with Crippen molar-refractivity contribution in [2.45, 2.75) is 13.5 Å². The lowest BCUT2D eigenvalue weighted by Crippen LogP contribution is -2.39. The SMILES string of the molecule is CCNC(=S)N(Cc1cccnc1)c1ccc(Cl)cc1. The Balaban J connectivity index is 2.25. The number of pyridine rings is 1. The lowest BCUT2D eigenvalue weighted by Gasteiger charge is -2.25. The fourth-order valence-corrected chi connectivity index (χ4v) is 2.26. The summed E-state index contributed by atoms with van der Waals surface area (Å²) in [5.74, 6) is 0. The Labute approximate surface area is 129 Å². The summed E-state index contributed by atoms with van der Waals surface area (Å²) >= 11 is 11.4. The maximum absolute atomic E-state index is 5.94. The number of anilines is 1. The number of rotatable bonds is 4. The van der Waals surface area contributed by atoms with Crippen molar-refractivity contribution in [2.75, 3.05) is 11.4 Å². The molecule has 0 unspecified atom stereocenters. The van der Waals surface area contributed by atoms with Gasteiger partial charge in [-0.1, -0.05) is 17.7 Å². The van der Waals surface area contributed by atoms with Gasteiger partial charge < -0.3 is 10.2 Å². The van der Waals surface area contributed by atoms with Crippen LogP contribution in [0.2, 0.25) is 5.02 Å². The Bertz CT molecular complexity index is 557. The van der Waals surface area contributed by atoms with Gasteiger partial charge in [-0.05, 0) is 55.0 Å². The van der Waals surface area contributed by atoms with E-state index in [1.165, 1.54) is 0 Å². The van der Waals surface area contributed by atoms with Crippen molar-refractivity contribution >= 4 is 34.6 Å². The number of hydrogen-bond donors (Lipinski definition) is 1. The van der Waals surface area contributed by atoms with Crippen LogP contribution in [0.3, 0.4) is 0 Å². The van der Waals surface area contributed by atoms with E-state index in [0.717, 1.165) is 17.8 Å². The first kappa shape index (κ1) is 14.8. The van der Waals surface area contributed by atoms with Crippen molar-refractivity contribution in [2.24, 2.45) is 0 Å². The van der Waals surface area contributed by atoms with Gasteiger partial charge in [-0.3, -0.25) is 4.98 Å². The minimum Gasteiger partial charge on any atom is -0.363 e. The summed E-state index contributed by atoms with van der Waals surface area (Å²) in [6, 6.07) is 11.6. The number of aromatic nitrogens is 1. The predicted octanol–water partition coefficient (Wildman–Crippen LogP) is 3.64. The van der Waals surface area contributed by atoms with Crippen molar-refractivity contribution < 1.29 is 0 Å². The molecule has 1 aromatic carbocycles. The second kappa shape index (κ2) is 7.22. The number of benzene rings is 1. The third kappa shape index (κ3) is 3.92. The van der Waals surface area contributed by atoms with Crippen molar-refractivity contribution in [1.82, 2.24) is 10.3 Å². The lowest BCUT2D eigenvalue weighted by molar-refractivity contribution is 0.908. The molecule has 1 N–H and O–H groups in total. The highest BCUT2D eigenvalue weighted by Crippen LogP contribution is 2.20. The van der Waals surface area contributed by atoms with E-state index in [0.29, 0.717) is 16.7 Å². The summed E-state index contributed by atoms with van der Waals surface area (Å²) in [5, 5.41) is 4.59. The molecule has 0 atom stereocenters. The minimum atomic E-state index is 0.668. The number of hydrogen-bond acceptors (Lipinski definition) is 2. The average molecular weight is 306 g/mol. The third-order valence-electron chi connectivity index (χ3n) is 2.77. The van der Waals surface area contributed by atoms with Crippen LogP contribution in [0, 0.1) is 0 Å². The van der Waals surface area contributed by atoms with Gasteiger partial charge in [0.05, 0.1) is 6.54 Å². The molecule has 20 heavy (non-hydrogen) atoms. The van der Waals surface area contributed by atoms with Gasteiger partial charge in [-0.2, -0.15) is 0 Å². The molecule has 2 aromatic rings. The molecule has 0 aliphatic rings. The summed E-state index contributed by atoms with van der Waals surface area (Å²) < 4.78 is 0. The van der Waals surface area contributed by atoms with Crippen molar-refractivity contribution in [3.8, 4) is 0 Å². The van der Waals surface area contributed by atoms with Crippen LogP contribution < -0.4 is 10.2 Å². The van der Waals surface area contributed by atoms with Gasteiger partial charge in [0, 0.05) is 29.6 Å². The number of nitrogens with one attached hydrogen (secondary N) is 1. The molecular weight excluding hydrogens is 290 g/mol. The van der Waals surface area contributed by atoms with E-state index in [2.05, 4.69) is 10.3 Å². The zero-order chi connectivity index (χ0) is 14.4. The average Bonchev–Trinajstić information content (AvgIpc) is 2.47. The molecule has 0 aliphatic heterocycles. The Morgan fingerprint density at radius 2 is 2.05 bits per heavy atom. The van der Waals surface area contributed by atoms with Crippen LogP contribution in [0.5, 0.6) is 0 Å². The number of halogens is 1. The Morgan fingerprint density at radius 1 is 1.30 bits per heavy atom. The van der Waals surface area contributed by atoms with Gasteiger partial charge in [0.15, 0.2) is 5.11 Å². The standard InChI is InChI=1S/C15H16ClN3S/c1-2-18-15(20)19(11-12-4-3-9-17-10-12)14-7-5-13(16)6-8-14/h3-10H,2,11H2,1H3,(H,18,20).